The fourth-order valence-corrected chi connectivity index (χ4v) is 2.47. The number of aryl methyl sites for hydroxylation is 1. The number of nitrogens with one attached hydrogen (secondary N) is 2. The van der Waals surface area contributed by atoms with Gasteiger partial charge in [0.25, 0.3) is 5.78 Å². The van der Waals surface area contributed by atoms with Crippen LogP contribution in [0.3, 0.4) is 0 Å². The minimum absolute atomic E-state index is 0.628. The summed E-state index contributed by atoms with van der Waals surface area (Å²) in [5.74, 6) is 1.26. The zero-order valence-electron chi connectivity index (χ0n) is 11.3. The first kappa shape index (κ1) is 12.2. The molecule has 2 aromatic heterocycles. The Bertz CT molecular complexity index is 953. The number of imidazole rings is 1. The quantitative estimate of drug-likeness (QED) is 0.589. The molecule has 0 radical (unpaired) electrons. The number of halogens is 1. The van der Waals surface area contributed by atoms with Crippen LogP contribution in [-0.4, -0.2) is 19.6 Å². The largest absolute Gasteiger partial charge is 0.324 e. The predicted octanol–water partition coefficient (Wildman–Crippen LogP) is 3.92. The Hall–Kier alpha value is -2.53. The summed E-state index contributed by atoms with van der Waals surface area (Å²) in [4.78, 5) is 8.90. The second-order valence-corrected chi connectivity index (χ2v) is 5.30. The predicted molar refractivity (Wildman–Crippen MR) is 84.3 cm³/mol. The monoisotopic (exact) mass is 297 g/mol. The number of rotatable bonds is 2. The molecule has 0 aliphatic heterocycles. The number of aromatic amines is 1. The van der Waals surface area contributed by atoms with Crippen LogP contribution in [0.5, 0.6) is 0 Å². The van der Waals surface area contributed by atoms with E-state index in [9.17, 15) is 0 Å². The van der Waals surface area contributed by atoms with Crippen molar-refractivity contribution in [1.82, 2.24) is 19.6 Å². The molecule has 104 valence electrons. The van der Waals surface area contributed by atoms with Crippen LogP contribution in [0, 0.1) is 6.92 Å². The molecule has 0 bridgehead atoms. The Kier molecular flexibility index (Phi) is 2.62. The third kappa shape index (κ3) is 2.02. The minimum Gasteiger partial charge on any atom is -0.324 e. The van der Waals surface area contributed by atoms with Crippen molar-refractivity contribution in [2.24, 2.45) is 0 Å². The standard InChI is InChI=1S/C15H12ClN5/c1-9-6-7-10(8-11(9)16)17-14-19-15-18-12-4-2-3-5-13(12)21(15)20-14/h2-8H,1H3,(H2,17,18,19,20). The SMILES string of the molecule is Cc1ccc(Nc2nc3nc4ccccc4n3[nH]2)cc1Cl. The molecule has 4 rings (SSSR count). The van der Waals surface area contributed by atoms with Gasteiger partial charge in [0.2, 0.25) is 5.95 Å². The van der Waals surface area contributed by atoms with Crippen molar-refractivity contribution in [3.8, 4) is 0 Å². The van der Waals surface area contributed by atoms with Gasteiger partial charge in [-0.15, -0.1) is 0 Å². The van der Waals surface area contributed by atoms with Crippen molar-refractivity contribution in [3.05, 3.63) is 53.1 Å². The number of nitrogens with zero attached hydrogens (tertiary/aromatic N) is 3. The lowest BCUT2D eigenvalue weighted by molar-refractivity contribution is 1.01. The molecule has 0 fully saturated rings. The van der Waals surface area contributed by atoms with Gasteiger partial charge in [0, 0.05) is 10.7 Å². The molecule has 0 aliphatic rings. The van der Waals surface area contributed by atoms with Gasteiger partial charge in [-0.05, 0) is 36.8 Å². The Morgan fingerprint density at radius 1 is 1.14 bits per heavy atom. The normalized spacial score (nSPS) is 11.3. The Balaban J connectivity index is 1.75. The summed E-state index contributed by atoms with van der Waals surface area (Å²) in [5.41, 5.74) is 3.84. The molecule has 0 saturated heterocycles. The van der Waals surface area contributed by atoms with Crippen LogP contribution in [-0.2, 0) is 0 Å². The highest BCUT2D eigenvalue weighted by Crippen LogP contribution is 2.23. The fourth-order valence-electron chi connectivity index (χ4n) is 2.29. The minimum atomic E-state index is 0.628. The van der Waals surface area contributed by atoms with E-state index in [1.165, 1.54) is 0 Å². The second-order valence-electron chi connectivity index (χ2n) is 4.90. The van der Waals surface area contributed by atoms with Crippen LogP contribution in [0.15, 0.2) is 42.5 Å². The fraction of sp³-hybridized carbons (Fsp3) is 0.0667. The molecule has 0 unspecified atom stereocenters. The highest BCUT2D eigenvalue weighted by molar-refractivity contribution is 6.31. The zero-order chi connectivity index (χ0) is 14.4. The zero-order valence-corrected chi connectivity index (χ0v) is 12.0. The average molecular weight is 298 g/mol. The summed E-state index contributed by atoms with van der Waals surface area (Å²) in [6, 6.07) is 13.7. The molecule has 21 heavy (non-hydrogen) atoms. The van der Waals surface area contributed by atoms with Gasteiger partial charge >= 0.3 is 0 Å². The van der Waals surface area contributed by atoms with Crippen LogP contribution < -0.4 is 5.32 Å². The molecule has 5 nitrogen and oxygen atoms in total. The third-order valence-corrected chi connectivity index (χ3v) is 3.81. The maximum Gasteiger partial charge on any atom is 0.253 e. The first-order chi connectivity index (χ1) is 10.2. The van der Waals surface area contributed by atoms with E-state index in [-0.39, 0.29) is 0 Å². The Labute approximate surface area is 125 Å². The third-order valence-electron chi connectivity index (χ3n) is 3.41. The van der Waals surface area contributed by atoms with Crippen molar-refractivity contribution in [3.63, 3.8) is 0 Å². The Morgan fingerprint density at radius 2 is 2.00 bits per heavy atom. The van der Waals surface area contributed by atoms with Crippen molar-refractivity contribution in [1.29, 1.82) is 0 Å². The molecular formula is C15H12ClN5. The van der Waals surface area contributed by atoms with E-state index in [0.29, 0.717) is 11.7 Å². The van der Waals surface area contributed by atoms with Crippen LogP contribution in [0.25, 0.3) is 16.8 Å². The summed E-state index contributed by atoms with van der Waals surface area (Å²) in [7, 11) is 0. The maximum absolute atomic E-state index is 6.13. The lowest BCUT2D eigenvalue weighted by atomic mass is 10.2. The van der Waals surface area contributed by atoms with Gasteiger partial charge < -0.3 is 5.32 Å². The van der Waals surface area contributed by atoms with Gasteiger partial charge in [0.05, 0.1) is 11.0 Å². The molecule has 0 saturated carbocycles. The number of anilines is 2. The number of fused-ring (bicyclic) bond motifs is 3. The number of para-hydroxylation sites is 2. The first-order valence-electron chi connectivity index (χ1n) is 6.57. The summed E-state index contributed by atoms with van der Waals surface area (Å²) in [6.45, 7) is 1.97. The van der Waals surface area contributed by atoms with Crippen LogP contribution in [0.4, 0.5) is 11.6 Å². The first-order valence-corrected chi connectivity index (χ1v) is 6.95. The number of hydrogen-bond donors (Lipinski definition) is 2. The molecule has 6 heteroatoms. The van der Waals surface area contributed by atoms with Gasteiger partial charge in [-0.1, -0.05) is 29.8 Å². The second kappa shape index (κ2) is 4.49. The van der Waals surface area contributed by atoms with Crippen molar-refractivity contribution < 1.29 is 0 Å². The number of hydrogen-bond acceptors (Lipinski definition) is 3. The van der Waals surface area contributed by atoms with Gasteiger partial charge in [0.15, 0.2) is 0 Å². The molecular weight excluding hydrogens is 286 g/mol. The number of H-pyrrole nitrogens is 1. The lowest BCUT2D eigenvalue weighted by Crippen LogP contribution is -1.94. The molecule has 2 N–H and O–H groups in total. The molecule has 0 amide bonds. The number of benzene rings is 2. The van der Waals surface area contributed by atoms with E-state index in [1.54, 1.807) is 0 Å². The summed E-state index contributed by atoms with van der Waals surface area (Å²) < 4.78 is 1.85. The molecule has 2 heterocycles. The number of aromatic nitrogens is 4. The van der Waals surface area contributed by atoms with E-state index < -0.39 is 0 Å². The van der Waals surface area contributed by atoms with Crippen molar-refractivity contribution in [2.45, 2.75) is 6.92 Å². The molecule has 0 atom stereocenters. The average Bonchev–Trinajstić information content (AvgIpc) is 3.00. The van der Waals surface area contributed by atoms with E-state index in [0.717, 1.165) is 27.3 Å². The van der Waals surface area contributed by atoms with Crippen LogP contribution >= 0.6 is 11.6 Å². The molecule has 0 aliphatic carbocycles. The van der Waals surface area contributed by atoms with Crippen molar-refractivity contribution in [2.75, 3.05) is 5.32 Å². The van der Waals surface area contributed by atoms with Gasteiger partial charge in [-0.2, -0.15) is 4.98 Å². The lowest BCUT2D eigenvalue weighted by Gasteiger charge is -2.04. The van der Waals surface area contributed by atoms with Crippen LogP contribution in [0.2, 0.25) is 5.02 Å². The van der Waals surface area contributed by atoms with Gasteiger partial charge in [-0.25, -0.2) is 9.50 Å². The van der Waals surface area contributed by atoms with E-state index in [2.05, 4.69) is 20.4 Å². The molecule has 0 spiro atoms. The maximum atomic E-state index is 6.13. The van der Waals surface area contributed by atoms with Gasteiger partial charge in [0.1, 0.15) is 0 Å². The van der Waals surface area contributed by atoms with E-state index in [1.807, 2.05) is 53.9 Å². The highest BCUT2D eigenvalue weighted by Gasteiger charge is 2.09. The summed E-state index contributed by atoms with van der Waals surface area (Å²) >= 11 is 6.13. The van der Waals surface area contributed by atoms with E-state index in [4.69, 9.17) is 11.6 Å². The van der Waals surface area contributed by atoms with Crippen molar-refractivity contribution >= 4 is 40.0 Å². The Morgan fingerprint density at radius 3 is 2.86 bits per heavy atom. The smallest absolute Gasteiger partial charge is 0.253 e. The molecule has 4 aromatic rings. The van der Waals surface area contributed by atoms with Crippen LogP contribution in [0.1, 0.15) is 5.56 Å². The highest BCUT2D eigenvalue weighted by atomic mass is 35.5. The topological polar surface area (TPSA) is 58.0 Å². The molecule has 2 aromatic carbocycles. The van der Waals surface area contributed by atoms with E-state index >= 15 is 0 Å². The summed E-state index contributed by atoms with van der Waals surface area (Å²) in [5, 5.41) is 7.11. The van der Waals surface area contributed by atoms with Gasteiger partial charge in [-0.3, -0.25) is 5.10 Å². The summed E-state index contributed by atoms with van der Waals surface area (Å²) in [6.07, 6.45) is 0.